The highest BCUT2D eigenvalue weighted by atomic mass is 32.2. The number of benzene rings is 2. The molecule has 0 amide bonds. The average Bonchev–Trinajstić information content (AvgIpc) is 2.71. The molecule has 3 rings (SSSR count). The third-order valence-electron chi connectivity index (χ3n) is 4.19. The second-order valence-electron chi connectivity index (χ2n) is 6.35. The minimum absolute atomic E-state index is 0.0177. The van der Waals surface area contributed by atoms with Gasteiger partial charge in [-0.2, -0.15) is 0 Å². The van der Waals surface area contributed by atoms with Gasteiger partial charge in [-0.15, -0.1) is 0 Å². The Labute approximate surface area is 166 Å². The molecule has 0 saturated carbocycles. The Kier molecular flexibility index (Phi) is 5.82. The number of sulfonamides is 1. The number of nitro benzene ring substituents is 1. The van der Waals surface area contributed by atoms with Crippen molar-refractivity contribution >= 4 is 21.7 Å². The van der Waals surface area contributed by atoms with Gasteiger partial charge in [-0.3, -0.25) is 10.1 Å². The molecule has 0 aliphatic carbocycles. The summed E-state index contributed by atoms with van der Waals surface area (Å²) in [6.45, 7) is -0.161. The lowest BCUT2D eigenvalue weighted by molar-refractivity contribution is -0.385. The van der Waals surface area contributed by atoms with E-state index in [0.29, 0.717) is 16.9 Å². The lowest BCUT2D eigenvalue weighted by Gasteiger charge is -2.20. The van der Waals surface area contributed by atoms with Crippen LogP contribution >= 0.6 is 0 Å². The van der Waals surface area contributed by atoms with Crippen LogP contribution in [-0.4, -0.2) is 44.5 Å². The number of non-ortho nitro benzene ring substituents is 1. The van der Waals surface area contributed by atoms with Crippen molar-refractivity contribution in [3.63, 3.8) is 0 Å². The minimum atomic E-state index is -3.71. The molecule has 0 fully saturated rings. The minimum Gasteiger partial charge on any atom is -0.467 e. The molecular weight excluding hydrogens is 404 g/mol. The number of carbonyl (C=O) groups is 1. The summed E-state index contributed by atoms with van der Waals surface area (Å²) in [5, 5.41) is 11.1. The van der Waals surface area contributed by atoms with Gasteiger partial charge in [0.05, 0.1) is 22.0 Å². The van der Waals surface area contributed by atoms with Gasteiger partial charge in [-0.25, -0.2) is 17.5 Å². The zero-order valence-corrected chi connectivity index (χ0v) is 16.5. The maximum absolute atomic E-state index is 12.4. The van der Waals surface area contributed by atoms with Crippen LogP contribution in [0.2, 0.25) is 0 Å². The quantitative estimate of drug-likeness (QED) is 0.393. The highest BCUT2D eigenvalue weighted by Crippen LogP contribution is 2.33. The molecule has 2 aromatic rings. The Bertz CT molecular complexity index is 1070. The Balaban J connectivity index is 1.83. The number of hydrogen-bond donors (Lipinski definition) is 0. The maximum atomic E-state index is 12.4. The summed E-state index contributed by atoms with van der Waals surface area (Å²) in [6, 6.07) is 8.05. The predicted molar refractivity (Wildman–Crippen MR) is 99.8 cm³/mol. The monoisotopic (exact) mass is 422 g/mol. The Morgan fingerprint density at radius 2 is 2.03 bits per heavy atom. The lowest BCUT2D eigenvalue weighted by atomic mass is 10.1. The fourth-order valence-electron chi connectivity index (χ4n) is 2.71. The molecule has 0 saturated heterocycles. The molecule has 0 radical (unpaired) electrons. The van der Waals surface area contributed by atoms with Crippen LogP contribution in [0.25, 0.3) is 0 Å². The summed E-state index contributed by atoms with van der Waals surface area (Å²) in [5.74, 6) is -0.397. The van der Waals surface area contributed by atoms with Crippen molar-refractivity contribution in [2.45, 2.75) is 18.1 Å². The highest BCUT2D eigenvalue weighted by molar-refractivity contribution is 7.89. The van der Waals surface area contributed by atoms with E-state index in [2.05, 4.69) is 0 Å². The summed E-state index contributed by atoms with van der Waals surface area (Å²) >= 11 is 0. The highest BCUT2D eigenvalue weighted by Gasteiger charge is 2.23. The van der Waals surface area contributed by atoms with Crippen molar-refractivity contribution in [3.8, 4) is 5.75 Å². The van der Waals surface area contributed by atoms with Gasteiger partial charge in [0.25, 0.3) is 5.69 Å². The van der Waals surface area contributed by atoms with Crippen molar-refractivity contribution in [3.05, 3.63) is 63.2 Å². The number of fused-ring (bicyclic) bond motifs is 1. The van der Waals surface area contributed by atoms with Crippen molar-refractivity contribution in [1.82, 2.24) is 4.31 Å². The SMILES string of the molecule is CN(C)S(=O)(=O)c1cccc(C(=O)OCc2cc([N+](=O)[O-])cc3c2OCOC3)c1. The molecule has 1 heterocycles. The molecule has 0 spiro atoms. The zero-order valence-electron chi connectivity index (χ0n) is 15.7. The number of nitrogens with zero attached hydrogens (tertiary/aromatic N) is 2. The van der Waals surface area contributed by atoms with Gasteiger partial charge in [0.1, 0.15) is 12.4 Å². The van der Waals surface area contributed by atoms with E-state index in [1.165, 1.54) is 50.5 Å². The Morgan fingerprint density at radius 1 is 1.28 bits per heavy atom. The normalized spacial score (nSPS) is 13.5. The fraction of sp³-hybridized carbons (Fsp3) is 0.278. The molecule has 0 atom stereocenters. The zero-order chi connectivity index (χ0) is 21.2. The van der Waals surface area contributed by atoms with Gasteiger partial charge in [0, 0.05) is 37.4 Å². The smallest absolute Gasteiger partial charge is 0.338 e. The molecule has 29 heavy (non-hydrogen) atoms. The van der Waals surface area contributed by atoms with Gasteiger partial charge in [-0.05, 0) is 18.2 Å². The van der Waals surface area contributed by atoms with E-state index >= 15 is 0 Å². The van der Waals surface area contributed by atoms with Gasteiger partial charge in [-0.1, -0.05) is 6.07 Å². The van der Waals surface area contributed by atoms with Crippen LogP contribution < -0.4 is 4.74 Å². The fourth-order valence-corrected chi connectivity index (χ4v) is 3.66. The standard InChI is InChI=1S/C18H18N2O8S/c1-19(2)29(24,25)16-5-3-4-12(8-16)18(21)27-10-14-7-15(20(22)23)6-13-9-26-11-28-17(13)14/h3-8H,9-11H2,1-2H3. The summed E-state index contributed by atoms with van der Waals surface area (Å²) in [6.07, 6.45) is 0. The van der Waals surface area contributed by atoms with E-state index in [0.717, 1.165) is 4.31 Å². The van der Waals surface area contributed by atoms with Crippen LogP contribution in [0.15, 0.2) is 41.3 Å². The van der Waals surface area contributed by atoms with Gasteiger partial charge in [0.15, 0.2) is 6.79 Å². The van der Waals surface area contributed by atoms with Crippen molar-refractivity contribution in [1.29, 1.82) is 0 Å². The molecule has 0 aromatic heterocycles. The summed E-state index contributed by atoms with van der Waals surface area (Å²) in [7, 11) is -0.942. The Hall–Kier alpha value is -3.02. The third kappa shape index (κ3) is 4.36. The molecular formula is C18H18N2O8S. The number of hydrogen-bond acceptors (Lipinski definition) is 8. The largest absolute Gasteiger partial charge is 0.467 e. The molecule has 154 valence electrons. The second-order valence-corrected chi connectivity index (χ2v) is 8.50. The van der Waals surface area contributed by atoms with Crippen LogP contribution in [-0.2, 0) is 32.7 Å². The van der Waals surface area contributed by atoms with Crippen LogP contribution in [0.5, 0.6) is 5.75 Å². The molecule has 10 nitrogen and oxygen atoms in total. The third-order valence-corrected chi connectivity index (χ3v) is 6.00. The maximum Gasteiger partial charge on any atom is 0.338 e. The van der Waals surface area contributed by atoms with Crippen LogP contribution in [0.1, 0.15) is 21.5 Å². The van der Waals surface area contributed by atoms with Gasteiger partial charge in [0.2, 0.25) is 10.0 Å². The van der Waals surface area contributed by atoms with E-state index in [1.54, 1.807) is 0 Å². The number of nitro groups is 1. The molecule has 0 unspecified atom stereocenters. The van der Waals surface area contributed by atoms with Crippen LogP contribution in [0.4, 0.5) is 5.69 Å². The van der Waals surface area contributed by atoms with Crippen LogP contribution in [0.3, 0.4) is 0 Å². The van der Waals surface area contributed by atoms with E-state index in [9.17, 15) is 23.3 Å². The average molecular weight is 422 g/mol. The van der Waals surface area contributed by atoms with Gasteiger partial charge < -0.3 is 14.2 Å². The van der Waals surface area contributed by atoms with E-state index in [4.69, 9.17) is 14.2 Å². The Morgan fingerprint density at radius 3 is 2.72 bits per heavy atom. The van der Waals surface area contributed by atoms with Gasteiger partial charge >= 0.3 is 5.97 Å². The number of carbonyl (C=O) groups excluding carboxylic acids is 1. The van der Waals surface area contributed by atoms with Crippen molar-refractivity contribution in [2.75, 3.05) is 20.9 Å². The summed E-state index contributed by atoms with van der Waals surface area (Å²) in [5.41, 5.74) is 0.665. The lowest BCUT2D eigenvalue weighted by Crippen LogP contribution is -2.22. The topological polar surface area (TPSA) is 125 Å². The second kappa shape index (κ2) is 8.15. The number of rotatable bonds is 6. The van der Waals surface area contributed by atoms with E-state index in [1.807, 2.05) is 0 Å². The summed E-state index contributed by atoms with van der Waals surface area (Å²) in [4.78, 5) is 23.0. The summed E-state index contributed by atoms with van der Waals surface area (Å²) < 4.78 is 41.3. The van der Waals surface area contributed by atoms with E-state index in [-0.39, 0.29) is 36.2 Å². The molecule has 1 aliphatic rings. The number of ether oxygens (including phenoxy) is 3. The van der Waals surface area contributed by atoms with Crippen LogP contribution in [0, 0.1) is 10.1 Å². The molecule has 1 aliphatic heterocycles. The number of esters is 1. The first-order valence-electron chi connectivity index (χ1n) is 8.40. The first-order valence-corrected chi connectivity index (χ1v) is 9.84. The van der Waals surface area contributed by atoms with Crippen molar-refractivity contribution < 1.29 is 32.3 Å². The molecule has 0 bridgehead atoms. The van der Waals surface area contributed by atoms with Crippen molar-refractivity contribution in [2.24, 2.45) is 0 Å². The first-order chi connectivity index (χ1) is 13.7. The predicted octanol–water partition coefficient (Wildman–Crippen LogP) is 2.07. The molecule has 0 N–H and O–H groups in total. The molecule has 2 aromatic carbocycles. The molecule has 11 heteroatoms. The van der Waals surface area contributed by atoms with E-state index < -0.39 is 20.9 Å². The first kappa shape index (κ1) is 20.7.